The lowest BCUT2D eigenvalue weighted by molar-refractivity contribution is -0.127. The van der Waals surface area contributed by atoms with Gasteiger partial charge in [0.25, 0.3) is 5.91 Å². The van der Waals surface area contributed by atoms with Gasteiger partial charge in [0.2, 0.25) is 5.91 Å². The maximum Gasteiger partial charge on any atom is 0.265 e. The molecule has 0 bridgehead atoms. The predicted molar refractivity (Wildman–Crippen MR) is 85.6 cm³/mol. The summed E-state index contributed by atoms with van der Waals surface area (Å²) >= 11 is 0. The molecule has 0 spiro atoms. The minimum atomic E-state index is -0.889. The number of nitrogens with one attached hydrogen (secondary N) is 1. The molecule has 22 heavy (non-hydrogen) atoms. The molecule has 1 atom stereocenters. The lowest BCUT2D eigenvalue weighted by atomic mass is 10.0. The van der Waals surface area contributed by atoms with E-state index >= 15 is 0 Å². The van der Waals surface area contributed by atoms with E-state index in [1.165, 1.54) is 5.01 Å². The van der Waals surface area contributed by atoms with Gasteiger partial charge in [-0.15, -0.1) is 0 Å². The van der Waals surface area contributed by atoms with Crippen LogP contribution in [0.2, 0.25) is 0 Å². The van der Waals surface area contributed by atoms with Crippen molar-refractivity contribution in [2.24, 2.45) is 11.0 Å². The third-order valence-electron chi connectivity index (χ3n) is 3.44. The van der Waals surface area contributed by atoms with Gasteiger partial charge in [0.15, 0.2) is 5.92 Å². The number of carbonyl (C=O) groups excluding carboxylic acids is 2. The molecule has 110 valence electrons. The molecule has 5 nitrogen and oxygen atoms in total. The van der Waals surface area contributed by atoms with Crippen molar-refractivity contribution in [1.29, 1.82) is 0 Å². The summed E-state index contributed by atoms with van der Waals surface area (Å²) in [5, 5.41) is 8.26. The van der Waals surface area contributed by atoms with Crippen LogP contribution in [0.1, 0.15) is 6.92 Å². The van der Waals surface area contributed by atoms with Gasteiger partial charge in [0.05, 0.1) is 11.4 Å². The Labute approximate surface area is 128 Å². The number of benzene rings is 2. The molecule has 1 aliphatic heterocycles. The molecule has 0 saturated carbocycles. The van der Waals surface area contributed by atoms with Crippen LogP contribution in [-0.2, 0) is 9.59 Å². The summed E-state index contributed by atoms with van der Waals surface area (Å²) in [5.41, 5.74) is 1.80. The van der Waals surface area contributed by atoms with E-state index in [1.807, 2.05) is 36.4 Å². The van der Waals surface area contributed by atoms with Crippen LogP contribution in [-0.4, -0.2) is 17.5 Å². The highest BCUT2D eigenvalue weighted by Gasteiger charge is 2.39. The maximum atomic E-state index is 12.5. The predicted octanol–water partition coefficient (Wildman–Crippen LogP) is 2.66. The van der Waals surface area contributed by atoms with Gasteiger partial charge < -0.3 is 5.32 Å². The molecule has 1 heterocycles. The second-order valence-corrected chi connectivity index (χ2v) is 5.02. The number of nitrogens with zero attached hydrogens (tertiary/aromatic N) is 2. The average Bonchev–Trinajstić information content (AvgIpc) is 2.84. The third kappa shape index (κ3) is 2.61. The molecule has 0 unspecified atom stereocenters. The van der Waals surface area contributed by atoms with Gasteiger partial charge in [-0.2, -0.15) is 10.1 Å². The van der Waals surface area contributed by atoms with Crippen LogP contribution in [0.4, 0.5) is 11.4 Å². The van der Waals surface area contributed by atoms with Gasteiger partial charge >= 0.3 is 0 Å². The van der Waals surface area contributed by atoms with E-state index in [1.54, 1.807) is 31.2 Å². The Hall–Kier alpha value is -2.95. The largest absolute Gasteiger partial charge is 0.325 e. The molecule has 5 heteroatoms. The quantitative estimate of drug-likeness (QED) is 0.884. The number of hydrazone groups is 1. The molecule has 2 amide bonds. The van der Waals surface area contributed by atoms with E-state index in [2.05, 4.69) is 10.4 Å². The summed E-state index contributed by atoms with van der Waals surface area (Å²) in [6.07, 6.45) is 0. The number of carbonyl (C=O) groups is 2. The first-order valence-corrected chi connectivity index (χ1v) is 6.97. The first kappa shape index (κ1) is 14.0. The Morgan fingerprint density at radius 2 is 1.64 bits per heavy atom. The summed E-state index contributed by atoms with van der Waals surface area (Å²) in [6, 6.07) is 18.1. The zero-order valence-corrected chi connectivity index (χ0v) is 12.1. The lowest BCUT2D eigenvalue weighted by Gasteiger charge is -2.14. The van der Waals surface area contributed by atoms with E-state index in [4.69, 9.17) is 0 Å². The van der Waals surface area contributed by atoms with Crippen molar-refractivity contribution >= 4 is 28.9 Å². The molecule has 3 rings (SSSR count). The molecule has 0 fully saturated rings. The average molecular weight is 293 g/mol. The highest BCUT2D eigenvalue weighted by Crippen LogP contribution is 2.24. The molecular formula is C17H15N3O2. The van der Waals surface area contributed by atoms with Gasteiger partial charge in [-0.05, 0) is 31.2 Å². The van der Waals surface area contributed by atoms with Crippen LogP contribution in [0, 0.1) is 5.92 Å². The van der Waals surface area contributed by atoms with Crippen molar-refractivity contribution in [3.05, 3.63) is 60.7 Å². The Kier molecular flexibility index (Phi) is 3.70. The zero-order chi connectivity index (χ0) is 15.5. The molecule has 1 N–H and O–H groups in total. The van der Waals surface area contributed by atoms with E-state index in [-0.39, 0.29) is 11.8 Å². The fourth-order valence-electron chi connectivity index (χ4n) is 2.36. The highest BCUT2D eigenvalue weighted by atomic mass is 16.2. The monoisotopic (exact) mass is 293 g/mol. The molecule has 0 aliphatic carbocycles. The Morgan fingerprint density at radius 3 is 2.27 bits per heavy atom. The van der Waals surface area contributed by atoms with E-state index in [0.29, 0.717) is 17.1 Å². The first-order valence-electron chi connectivity index (χ1n) is 6.97. The molecule has 0 aromatic heterocycles. The number of para-hydroxylation sites is 2. The van der Waals surface area contributed by atoms with Gasteiger partial charge in [0, 0.05) is 5.69 Å². The standard InChI is InChI=1S/C17H15N3O2/c1-12-15(16(21)18-13-8-4-2-5-9-13)17(22)20(19-12)14-10-6-3-7-11-14/h2-11,15H,1H3,(H,18,21)/t15-/m1/s1. The second-order valence-electron chi connectivity index (χ2n) is 5.02. The van der Waals surface area contributed by atoms with E-state index in [9.17, 15) is 9.59 Å². The van der Waals surface area contributed by atoms with Gasteiger partial charge in [-0.3, -0.25) is 9.59 Å². The third-order valence-corrected chi connectivity index (χ3v) is 3.44. The second kappa shape index (κ2) is 5.81. The van der Waals surface area contributed by atoms with Crippen molar-refractivity contribution in [3.8, 4) is 0 Å². The number of hydrogen-bond donors (Lipinski definition) is 1. The molecule has 1 aliphatic rings. The van der Waals surface area contributed by atoms with E-state index in [0.717, 1.165) is 0 Å². The smallest absolute Gasteiger partial charge is 0.265 e. The first-order chi connectivity index (χ1) is 10.7. The SMILES string of the molecule is CC1=NN(c2ccccc2)C(=O)[C@H]1C(=O)Nc1ccccc1. The summed E-state index contributed by atoms with van der Waals surface area (Å²) in [5.74, 6) is -1.59. The lowest BCUT2D eigenvalue weighted by Crippen LogP contribution is -2.36. The van der Waals surface area contributed by atoms with Crippen LogP contribution in [0.5, 0.6) is 0 Å². The number of hydrogen-bond acceptors (Lipinski definition) is 3. The minimum absolute atomic E-state index is 0.336. The summed E-state index contributed by atoms with van der Waals surface area (Å²) in [7, 11) is 0. The fourth-order valence-corrected chi connectivity index (χ4v) is 2.36. The van der Waals surface area contributed by atoms with Crippen molar-refractivity contribution in [3.63, 3.8) is 0 Å². The van der Waals surface area contributed by atoms with Crippen LogP contribution in [0.25, 0.3) is 0 Å². The van der Waals surface area contributed by atoms with Crippen LogP contribution in [0.15, 0.2) is 65.8 Å². The molecule has 2 aromatic rings. The number of rotatable bonds is 3. The summed E-state index contributed by atoms with van der Waals surface area (Å²) < 4.78 is 0. The Balaban J connectivity index is 1.80. The molecular weight excluding hydrogens is 278 g/mol. The normalized spacial score (nSPS) is 17.3. The van der Waals surface area contributed by atoms with Crippen molar-refractivity contribution in [1.82, 2.24) is 0 Å². The topological polar surface area (TPSA) is 61.8 Å². The molecule has 0 saturated heterocycles. The van der Waals surface area contributed by atoms with Crippen LogP contribution in [0.3, 0.4) is 0 Å². The van der Waals surface area contributed by atoms with Gasteiger partial charge in [-0.25, -0.2) is 0 Å². The number of amides is 2. The molecule has 2 aromatic carbocycles. The summed E-state index contributed by atoms with van der Waals surface area (Å²) in [4.78, 5) is 24.9. The van der Waals surface area contributed by atoms with Gasteiger partial charge in [0.1, 0.15) is 0 Å². The van der Waals surface area contributed by atoms with E-state index < -0.39 is 5.92 Å². The highest BCUT2D eigenvalue weighted by molar-refractivity contribution is 6.28. The van der Waals surface area contributed by atoms with Crippen molar-refractivity contribution in [2.75, 3.05) is 10.3 Å². The molecule has 0 radical (unpaired) electrons. The Bertz CT molecular complexity index is 726. The van der Waals surface area contributed by atoms with Crippen LogP contribution < -0.4 is 10.3 Å². The number of anilines is 2. The minimum Gasteiger partial charge on any atom is -0.325 e. The van der Waals surface area contributed by atoms with Crippen molar-refractivity contribution in [2.45, 2.75) is 6.92 Å². The Morgan fingerprint density at radius 1 is 1.05 bits per heavy atom. The maximum absolute atomic E-state index is 12.5. The fraction of sp³-hybridized carbons (Fsp3) is 0.118. The summed E-state index contributed by atoms with van der Waals surface area (Å²) in [6.45, 7) is 1.69. The van der Waals surface area contributed by atoms with Gasteiger partial charge in [-0.1, -0.05) is 36.4 Å². The van der Waals surface area contributed by atoms with Crippen LogP contribution >= 0.6 is 0 Å². The van der Waals surface area contributed by atoms with Crippen molar-refractivity contribution < 1.29 is 9.59 Å². The zero-order valence-electron chi connectivity index (χ0n) is 12.1.